The number of ether oxygens (including phenoxy) is 2. The molecule has 6 N–H and O–H groups in total. The average Bonchev–Trinajstić information content (AvgIpc) is 3.54. The van der Waals surface area contributed by atoms with Crippen LogP contribution in [0.2, 0.25) is 0 Å². The lowest BCUT2D eigenvalue weighted by Crippen LogP contribution is -2.63. The van der Waals surface area contributed by atoms with Crippen molar-refractivity contribution in [2.24, 2.45) is 28.1 Å². The van der Waals surface area contributed by atoms with Crippen molar-refractivity contribution in [2.45, 2.75) is 146 Å². The summed E-state index contributed by atoms with van der Waals surface area (Å²) >= 11 is 0. The van der Waals surface area contributed by atoms with Gasteiger partial charge in [-0.1, -0.05) is 13.8 Å². The molecule has 13 atom stereocenters. The summed E-state index contributed by atoms with van der Waals surface area (Å²) in [6, 6.07) is 1.92. The predicted molar refractivity (Wildman–Crippen MR) is 157 cm³/mol. The lowest BCUT2D eigenvalue weighted by atomic mass is 9.42. The summed E-state index contributed by atoms with van der Waals surface area (Å²) in [7, 11) is 0. The van der Waals surface area contributed by atoms with E-state index in [0.717, 1.165) is 56.2 Å². The molecule has 7 rings (SSSR count). The van der Waals surface area contributed by atoms with E-state index in [0.29, 0.717) is 12.1 Å². The van der Waals surface area contributed by atoms with Crippen LogP contribution < -0.4 is 0 Å². The minimum Gasteiger partial charge on any atom is -0.392 e. The van der Waals surface area contributed by atoms with E-state index in [1.165, 1.54) is 5.56 Å². The number of hydrogen-bond acceptors (Lipinski definition) is 9. The smallest absolute Gasteiger partial charge is 0.186 e. The van der Waals surface area contributed by atoms with Crippen LogP contribution in [0.15, 0.2) is 6.07 Å². The van der Waals surface area contributed by atoms with Gasteiger partial charge in [-0.3, -0.25) is 4.98 Å². The zero-order valence-electron chi connectivity index (χ0n) is 26.5. The van der Waals surface area contributed by atoms with Gasteiger partial charge in [-0.05, 0) is 119 Å². The second kappa shape index (κ2) is 9.22. The minimum atomic E-state index is -1.32. The monoisotopic (exact) mass is 601 g/mol. The number of aryl methyl sites for hydroxylation is 1. The summed E-state index contributed by atoms with van der Waals surface area (Å²) < 4.78 is 12.3. The Balaban J connectivity index is 1.22. The second-order valence-electron chi connectivity index (χ2n) is 16.5. The van der Waals surface area contributed by atoms with Crippen molar-refractivity contribution >= 4 is 0 Å². The molecule has 0 bridgehead atoms. The van der Waals surface area contributed by atoms with Gasteiger partial charge in [0.25, 0.3) is 0 Å². The van der Waals surface area contributed by atoms with Crippen LogP contribution >= 0.6 is 0 Å². The quantitative estimate of drug-likeness (QED) is 0.306. The Kier molecular flexibility index (Phi) is 6.53. The average molecular weight is 602 g/mol. The van der Waals surface area contributed by atoms with Crippen molar-refractivity contribution in [3.8, 4) is 0 Å². The molecular formula is C34H51NO8. The third kappa shape index (κ3) is 3.77. The topological polar surface area (TPSA) is 153 Å². The number of pyridine rings is 1. The number of fused-ring (bicyclic) bond motifs is 4. The fourth-order valence-electron chi connectivity index (χ4n) is 11.8. The first-order valence-corrected chi connectivity index (χ1v) is 16.4. The molecule has 5 fully saturated rings. The van der Waals surface area contributed by atoms with Crippen LogP contribution in [-0.4, -0.2) is 84.1 Å². The molecule has 13 unspecified atom stereocenters. The lowest BCUT2D eigenvalue weighted by molar-refractivity contribution is -0.319. The molecule has 0 radical (unpaired) electrons. The van der Waals surface area contributed by atoms with E-state index in [-0.39, 0.29) is 40.1 Å². The van der Waals surface area contributed by atoms with Crippen molar-refractivity contribution in [3.05, 3.63) is 28.6 Å². The number of aliphatic hydroxyl groups is 6. The van der Waals surface area contributed by atoms with Gasteiger partial charge in [-0.15, -0.1) is 0 Å². The first kappa shape index (κ1) is 30.5. The SMILES string of the molecule is Cc1cc(C(O)C(C)(C)O)nc2c1C1(C)CC(O)C34CC35CCCC(C)(OC3OCC(O)C(O)C3O)C5CCC4C1(C)C2. The highest BCUT2D eigenvalue weighted by Crippen LogP contribution is 2.87. The first-order chi connectivity index (χ1) is 20.0. The van der Waals surface area contributed by atoms with Gasteiger partial charge in [0.1, 0.15) is 24.4 Å². The molecule has 43 heavy (non-hydrogen) atoms. The molecule has 9 heteroatoms. The Morgan fingerprint density at radius 2 is 1.74 bits per heavy atom. The van der Waals surface area contributed by atoms with Crippen LogP contribution in [0.25, 0.3) is 0 Å². The number of rotatable bonds is 4. The molecule has 240 valence electrons. The molecular weight excluding hydrogens is 550 g/mol. The van der Waals surface area contributed by atoms with Gasteiger partial charge in [0.15, 0.2) is 6.29 Å². The Bertz CT molecular complexity index is 1320. The first-order valence-electron chi connectivity index (χ1n) is 16.4. The zero-order valence-corrected chi connectivity index (χ0v) is 26.5. The van der Waals surface area contributed by atoms with E-state index in [1.54, 1.807) is 13.8 Å². The maximum atomic E-state index is 12.3. The van der Waals surface area contributed by atoms with Gasteiger partial charge < -0.3 is 40.1 Å². The number of nitrogens with zero attached hydrogens (tertiary/aromatic N) is 1. The van der Waals surface area contributed by atoms with E-state index in [1.807, 2.05) is 6.07 Å². The fraction of sp³-hybridized carbons (Fsp3) is 0.853. The highest BCUT2D eigenvalue weighted by molar-refractivity contribution is 5.49. The van der Waals surface area contributed by atoms with Gasteiger partial charge in [0, 0.05) is 16.5 Å². The molecule has 1 saturated heterocycles. The number of aromatic nitrogens is 1. The highest BCUT2D eigenvalue weighted by Gasteiger charge is 2.85. The third-order valence-electron chi connectivity index (χ3n) is 13.9. The predicted octanol–water partition coefficient (Wildman–Crippen LogP) is 2.58. The minimum absolute atomic E-state index is 0.0655. The number of hydrogen-bond donors (Lipinski definition) is 6. The molecule has 0 amide bonds. The summed E-state index contributed by atoms with van der Waals surface area (Å²) in [6.45, 7) is 12.0. The normalized spacial score (nSPS) is 51.0. The molecule has 0 aromatic carbocycles. The molecule has 2 heterocycles. The Morgan fingerprint density at radius 3 is 2.44 bits per heavy atom. The van der Waals surface area contributed by atoms with Gasteiger partial charge in [0.05, 0.1) is 29.6 Å². The molecule has 2 spiro atoms. The van der Waals surface area contributed by atoms with Crippen LogP contribution in [0.5, 0.6) is 0 Å². The van der Waals surface area contributed by atoms with E-state index >= 15 is 0 Å². The van der Waals surface area contributed by atoms with Crippen molar-refractivity contribution in [2.75, 3.05) is 6.61 Å². The molecule has 5 aliphatic carbocycles. The summed E-state index contributed by atoms with van der Waals surface area (Å²) in [6.07, 6.45) is 0.765. The molecule has 4 saturated carbocycles. The maximum Gasteiger partial charge on any atom is 0.186 e. The highest BCUT2D eigenvalue weighted by atomic mass is 16.7. The summed E-state index contributed by atoms with van der Waals surface area (Å²) in [4.78, 5) is 4.99. The zero-order chi connectivity index (χ0) is 31.1. The Hall–Kier alpha value is -1.17. The van der Waals surface area contributed by atoms with E-state index in [9.17, 15) is 30.6 Å². The summed E-state index contributed by atoms with van der Waals surface area (Å²) in [5.74, 6) is 0.474. The van der Waals surface area contributed by atoms with E-state index < -0.39 is 48.0 Å². The van der Waals surface area contributed by atoms with Crippen LogP contribution in [-0.2, 0) is 21.3 Å². The number of aliphatic hydroxyl groups excluding tert-OH is 5. The van der Waals surface area contributed by atoms with Crippen LogP contribution in [0.3, 0.4) is 0 Å². The standard InChI is InChI=1S/C34H51NO8/c1-17-12-18(27(40)29(2,3)41)35-19-13-30(4)21-8-9-22-32(6,43-28-26(39)25(38)20(36)15-42-28)10-7-11-33(22)16-34(21,33)23(37)14-31(30,5)24(17)19/h12,20-23,25-28,36-41H,7-11,13-16H2,1-6H3. The van der Waals surface area contributed by atoms with Gasteiger partial charge in [-0.25, -0.2) is 0 Å². The largest absolute Gasteiger partial charge is 0.392 e. The second-order valence-corrected chi connectivity index (χ2v) is 16.5. The fourth-order valence-corrected chi connectivity index (χ4v) is 11.8. The van der Waals surface area contributed by atoms with Crippen LogP contribution in [0.4, 0.5) is 0 Å². The van der Waals surface area contributed by atoms with E-state index in [4.69, 9.17) is 14.5 Å². The van der Waals surface area contributed by atoms with E-state index in [2.05, 4.69) is 27.7 Å². The maximum absolute atomic E-state index is 12.3. The van der Waals surface area contributed by atoms with Gasteiger partial charge >= 0.3 is 0 Å². The Morgan fingerprint density at radius 1 is 1.05 bits per heavy atom. The van der Waals surface area contributed by atoms with Crippen LogP contribution in [0.1, 0.15) is 108 Å². The molecule has 9 nitrogen and oxygen atoms in total. The molecule has 1 aromatic rings. The summed E-state index contributed by atoms with van der Waals surface area (Å²) in [5, 5.41) is 64.7. The van der Waals surface area contributed by atoms with Crippen molar-refractivity contribution in [1.29, 1.82) is 0 Å². The van der Waals surface area contributed by atoms with Crippen LogP contribution in [0, 0.1) is 35.0 Å². The Labute approximate surface area is 254 Å². The van der Waals surface area contributed by atoms with Crippen molar-refractivity contribution < 1.29 is 40.1 Å². The molecule has 1 aromatic heterocycles. The molecule has 6 aliphatic rings. The third-order valence-corrected chi connectivity index (χ3v) is 13.9. The lowest BCUT2D eigenvalue weighted by Gasteiger charge is -2.63. The van der Waals surface area contributed by atoms with Gasteiger partial charge in [-0.2, -0.15) is 0 Å². The van der Waals surface area contributed by atoms with Gasteiger partial charge in [0.2, 0.25) is 0 Å². The van der Waals surface area contributed by atoms with Crippen molar-refractivity contribution in [1.82, 2.24) is 4.98 Å². The summed E-state index contributed by atoms with van der Waals surface area (Å²) in [5.41, 5.74) is 1.19. The molecule has 1 aliphatic heterocycles. The van der Waals surface area contributed by atoms with Crippen molar-refractivity contribution in [3.63, 3.8) is 0 Å².